The van der Waals surface area contributed by atoms with E-state index in [4.69, 9.17) is 4.74 Å². The Bertz CT molecular complexity index is 893. The lowest BCUT2D eigenvalue weighted by Crippen LogP contribution is -2.53. The van der Waals surface area contributed by atoms with Crippen molar-refractivity contribution in [3.63, 3.8) is 0 Å². The van der Waals surface area contributed by atoms with Crippen molar-refractivity contribution in [2.75, 3.05) is 13.7 Å². The van der Waals surface area contributed by atoms with Gasteiger partial charge in [-0.05, 0) is 42.0 Å². The Kier molecular flexibility index (Phi) is 6.87. The minimum atomic E-state index is -0.712. The molecule has 2 aromatic carbocycles. The number of hydrogen-bond acceptors (Lipinski definition) is 4. The van der Waals surface area contributed by atoms with Crippen LogP contribution in [0.3, 0.4) is 0 Å². The van der Waals surface area contributed by atoms with Gasteiger partial charge in [0.1, 0.15) is 12.1 Å². The average Bonchev–Trinajstić information content (AvgIpc) is 3.27. The number of methoxy groups -OCH3 is 1. The molecule has 0 unspecified atom stereocenters. The van der Waals surface area contributed by atoms with Crippen LogP contribution in [-0.4, -0.2) is 48.4 Å². The Morgan fingerprint density at radius 2 is 1.63 bits per heavy atom. The molecule has 2 amide bonds. The van der Waals surface area contributed by atoms with Crippen LogP contribution in [0.1, 0.15) is 37.0 Å². The number of carbonyl (C=O) groups excluding carboxylic acids is 3. The van der Waals surface area contributed by atoms with E-state index in [-0.39, 0.29) is 17.7 Å². The summed E-state index contributed by atoms with van der Waals surface area (Å²) >= 11 is 0. The number of amides is 2. The SMILES string of the molecule is COC(=O)[C@@H]1CCCN1C(=O)[C@@H](NC(=O)c1ccc(-c2ccccc2)cc1)C(C)C. The van der Waals surface area contributed by atoms with Gasteiger partial charge in [-0.1, -0.05) is 56.3 Å². The molecule has 158 valence electrons. The molecule has 0 aromatic heterocycles. The first-order valence-corrected chi connectivity index (χ1v) is 10.3. The molecule has 1 fully saturated rings. The topological polar surface area (TPSA) is 75.7 Å². The van der Waals surface area contributed by atoms with Gasteiger partial charge in [-0.15, -0.1) is 0 Å². The van der Waals surface area contributed by atoms with Crippen molar-refractivity contribution in [2.24, 2.45) is 5.92 Å². The highest BCUT2D eigenvalue weighted by atomic mass is 16.5. The van der Waals surface area contributed by atoms with E-state index in [1.807, 2.05) is 56.3 Å². The summed E-state index contributed by atoms with van der Waals surface area (Å²) in [6, 6.07) is 15.9. The van der Waals surface area contributed by atoms with Crippen molar-refractivity contribution < 1.29 is 19.1 Å². The van der Waals surface area contributed by atoms with Crippen LogP contribution in [0.4, 0.5) is 0 Å². The Hall–Kier alpha value is -3.15. The second kappa shape index (κ2) is 9.57. The van der Waals surface area contributed by atoms with Crippen molar-refractivity contribution in [3.8, 4) is 11.1 Å². The largest absolute Gasteiger partial charge is 0.467 e. The van der Waals surface area contributed by atoms with Gasteiger partial charge in [0.25, 0.3) is 5.91 Å². The molecule has 6 heteroatoms. The summed E-state index contributed by atoms with van der Waals surface area (Å²) in [7, 11) is 1.32. The van der Waals surface area contributed by atoms with E-state index in [0.717, 1.165) is 17.5 Å². The first-order valence-electron chi connectivity index (χ1n) is 10.3. The highest BCUT2D eigenvalue weighted by molar-refractivity contribution is 5.98. The molecule has 6 nitrogen and oxygen atoms in total. The molecular weight excluding hydrogens is 380 g/mol. The Balaban J connectivity index is 1.72. The van der Waals surface area contributed by atoms with E-state index in [0.29, 0.717) is 18.5 Å². The lowest BCUT2D eigenvalue weighted by molar-refractivity contribution is -0.151. The van der Waals surface area contributed by atoms with Gasteiger partial charge in [0, 0.05) is 12.1 Å². The molecule has 1 heterocycles. The summed E-state index contributed by atoms with van der Waals surface area (Å²) in [6.07, 6.45) is 1.32. The highest BCUT2D eigenvalue weighted by Gasteiger charge is 2.39. The molecule has 1 aliphatic rings. The quantitative estimate of drug-likeness (QED) is 0.745. The van der Waals surface area contributed by atoms with Crippen LogP contribution in [0.25, 0.3) is 11.1 Å². The molecule has 2 atom stereocenters. The summed E-state index contributed by atoms with van der Waals surface area (Å²) in [5, 5.41) is 2.86. The van der Waals surface area contributed by atoms with E-state index >= 15 is 0 Å². The van der Waals surface area contributed by atoms with Crippen molar-refractivity contribution in [2.45, 2.75) is 38.8 Å². The Labute approximate surface area is 177 Å². The fourth-order valence-electron chi connectivity index (χ4n) is 3.77. The molecule has 0 saturated carbocycles. The van der Waals surface area contributed by atoms with Crippen molar-refractivity contribution in [1.82, 2.24) is 10.2 Å². The number of nitrogens with zero attached hydrogens (tertiary/aromatic N) is 1. The van der Waals surface area contributed by atoms with Gasteiger partial charge < -0.3 is 15.0 Å². The van der Waals surface area contributed by atoms with Crippen LogP contribution in [0, 0.1) is 5.92 Å². The van der Waals surface area contributed by atoms with Crippen LogP contribution < -0.4 is 5.32 Å². The molecular formula is C24H28N2O4. The standard InChI is InChI=1S/C24H28N2O4/c1-16(2)21(23(28)26-15-7-10-20(26)24(29)30-3)25-22(27)19-13-11-18(12-14-19)17-8-5-4-6-9-17/h4-6,8-9,11-14,16,20-21H,7,10,15H2,1-3H3,(H,25,27)/t20-,21-/m0/s1. The van der Waals surface area contributed by atoms with Crippen LogP contribution in [0.5, 0.6) is 0 Å². The Morgan fingerprint density at radius 3 is 2.23 bits per heavy atom. The highest BCUT2D eigenvalue weighted by Crippen LogP contribution is 2.22. The van der Waals surface area contributed by atoms with Gasteiger partial charge in [0.15, 0.2) is 0 Å². The van der Waals surface area contributed by atoms with E-state index in [1.54, 1.807) is 12.1 Å². The smallest absolute Gasteiger partial charge is 0.328 e. The van der Waals surface area contributed by atoms with Gasteiger partial charge in [-0.2, -0.15) is 0 Å². The summed E-state index contributed by atoms with van der Waals surface area (Å²) in [5.74, 6) is -1.09. The number of benzene rings is 2. The maximum absolute atomic E-state index is 13.1. The molecule has 0 radical (unpaired) electrons. The predicted octanol–water partition coefficient (Wildman–Crippen LogP) is 3.27. The molecule has 3 rings (SSSR count). The number of carbonyl (C=O) groups is 3. The summed E-state index contributed by atoms with van der Waals surface area (Å²) in [4.78, 5) is 39.5. The van der Waals surface area contributed by atoms with Crippen molar-refractivity contribution in [3.05, 3.63) is 60.2 Å². The van der Waals surface area contributed by atoms with E-state index in [9.17, 15) is 14.4 Å². The van der Waals surface area contributed by atoms with E-state index in [2.05, 4.69) is 5.32 Å². The minimum Gasteiger partial charge on any atom is -0.467 e. The first kappa shape index (κ1) is 21.6. The fourth-order valence-corrected chi connectivity index (χ4v) is 3.77. The number of nitrogens with one attached hydrogen (secondary N) is 1. The molecule has 2 aromatic rings. The second-order valence-electron chi connectivity index (χ2n) is 7.85. The zero-order valence-corrected chi connectivity index (χ0v) is 17.6. The molecule has 0 bridgehead atoms. The number of rotatable bonds is 6. The molecule has 1 N–H and O–H groups in total. The normalized spacial score (nSPS) is 16.9. The molecule has 0 spiro atoms. The zero-order valence-electron chi connectivity index (χ0n) is 17.6. The number of esters is 1. The first-order chi connectivity index (χ1) is 14.4. The van der Waals surface area contributed by atoms with Gasteiger partial charge in [0.2, 0.25) is 5.91 Å². The molecule has 30 heavy (non-hydrogen) atoms. The van der Waals surface area contributed by atoms with Crippen molar-refractivity contribution >= 4 is 17.8 Å². The third kappa shape index (κ3) is 4.70. The fraction of sp³-hybridized carbons (Fsp3) is 0.375. The average molecular weight is 408 g/mol. The van der Waals surface area contributed by atoms with E-state index < -0.39 is 18.1 Å². The third-order valence-corrected chi connectivity index (χ3v) is 5.48. The molecule has 0 aliphatic carbocycles. The lowest BCUT2D eigenvalue weighted by atomic mass is 10.0. The van der Waals surface area contributed by atoms with E-state index in [1.165, 1.54) is 12.0 Å². The summed E-state index contributed by atoms with van der Waals surface area (Å²) < 4.78 is 4.83. The maximum atomic E-state index is 13.1. The molecule has 1 saturated heterocycles. The van der Waals surface area contributed by atoms with Crippen LogP contribution in [0.15, 0.2) is 54.6 Å². The Morgan fingerprint density at radius 1 is 1.00 bits per heavy atom. The zero-order chi connectivity index (χ0) is 21.7. The second-order valence-corrected chi connectivity index (χ2v) is 7.85. The van der Waals surface area contributed by atoms with Crippen LogP contribution >= 0.6 is 0 Å². The molecule has 1 aliphatic heterocycles. The number of ether oxygens (including phenoxy) is 1. The van der Waals surface area contributed by atoms with Gasteiger partial charge in [-0.3, -0.25) is 9.59 Å². The van der Waals surface area contributed by atoms with Crippen molar-refractivity contribution in [1.29, 1.82) is 0 Å². The number of hydrogen-bond donors (Lipinski definition) is 1. The lowest BCUT2D eigenvalue weighted by Gasteiger charge is -2.29. The maximum Gasteiger partial charge on any atom is 0.328 e. The van der Waals surface area contributed by atoms with Gasteiger partial charge in [0.05, 0.1) is 7.11 Å². The number of likely N-dealkylation sites (tertiary alicyclic amines) is 1. The summed E-state index contributed by atoms with van der Waals surface area (Å²) in [5.41, 5.74) is 2.57. The van der Waals surface area contributed by atoms with Gasteiger partial charge in [-0.25, -0.2) is 4.79 Å². The predicted molar refractivity (Wildman–Crippen MR) is 115 cm³/mol. The third-order valence-electron chi connectivity index (χ3n) is 5.48. The summed E-state index contributed by atoms with van der Waals surface area (Å²) in [6.45, 7) is 4.25. The minimum absolute atomic E-state index is 0.121. The van der Waals surface area contributed by atoms with Crippen LogP contribution in [-0.2, 0) is 14.3 Å². The van der Waals surface area contributed by atoms with Gasteiger partial charge >= 0.3 is 5.97 Å². The monoisotopic (exact) mass is 408 g/mol. The van der Waals surface area contributed by atoms with Crippen LogP contribution in [0.2, 0.25) is 0 Å².